The minimum absolute atomic E-state index is 0.0262. The lowest BCUT2D eigenvalue weighted by atomic mass is 9.44. The van der Waals surface area contributed by atoms with Crippen LogP contribution in [0, 0.1) is 52.3 Å². The Morgan fingerprint density at radius 3 is 1.92 bits per heavy atom. The van der Waals surface area contributed by atoms with E-state index in [1.165, 1.54) is 0 Å². The molecule has 0 radical (unpaired) electrons. The van der Waals surface area contributed by atoms with Gasteiger partial charge in [-0.1, -0.05) is 27.7 Å². The second-order valence-electron chi connectivity index (χ2n) is 24.2. The van der Waals surface area contributed by atoms with Crippen LogP contribution in [-0.4, -0.2) is 240 Å². The van der Waals surface area contributed by atoms with E-state index in [4.69, 9.17) is 42.6 Å². The number of rotatable bonds is 11. The molecule has 10 fully saturated rings. The molecule has 6 heterocycles. The van der Waals surface area contributed by atoms with Gasteiger partial charge in [-0.2, -0.15) is 0 Å². The molecule has 6 aliphatic heterocycles. The van der Waals surface area contributed by atoms with Crippen molar-refractivity contribution in [2.45, 2.75) is 226 Å². The van der Waals surface area contributed by atoms with E-state index in [-0.39, 0.29) is 35.0 Å². The van der Waals surface area contributed by atoms with E-state index < -0.39 is 149 Å². The van der Waals surface area contributed by atoms with Crippen molar-refractivity contribution in [1.29, 1.82) is 0 Å². The van der Waals surface area contributed by atoms with Crippen LogP contribution in [0.2, 0.25) is 0 Å². The molecule has 10 aliphatic rings. The molecule has 0 amide bonds. The second-order valence-corrected chi connectivity index (χ2v) is 24.2. The van der Waals surface area contributed by atoms with E-state index in [9.17, 15) is 66.4 Å². The molecule has 23 heteroatoms. The molecule has 0 aromatic carbocycles. The number of hydrogen-bond acceptors (Lipinski definition) is 23. The second kappa shape index (κ2) is 21.3. The molecule has 0 unspecified atom stereocenters. The summed E-state index contributed by atoms with van der Waals surface area (Å²) >= 11 is 0. The van der Waals surface area contributed by atoms with E-state index in [0.29, 0.717) is 54.8 Å². The first-order valence-electron chi connectivity index (χ1n) is 26.9. The number of nitrogens with one attached hydrogen (secondary N) is 1. The minimum Gasteiger partial charge on any atom is -0.394 e. The average Bonchev–Trinajstić information content (AvgIpc) is 3.66. The molecule has 420 valence electrons. The van der Waals surface area contributed by atoms with E-state index in [2.05, 4.69) is 33.0 Å². The van der Waals surface area contributed by atoms with Gasteiger partial charge in [0.05, 0.1) is 44.7 Å². The Labute approximate surface area is 424 Å². The summed E-state index contributed by atoms with van der Waals surface area (Å²) in [6.45, 7) is 7.28. The van der Waals surface area contributed by atoms with E-state index in [1.807, 2.05) is 0 Å². The lowest BCUT2D eigenvalue weighted by Crippen LogP contribution is -2.68. The Kier molecular flexibility index (Phi) is 16.1. The highest BCUT2D eigenvalue weighted by atomic mass is 16.8. The summed E-state index contributed by atoms with van der Waals surface area (Å²) in [4.78, 5) is 0. The monoisotopic (exact) mass is 1050 g/mol. The normalized spacial score (nSPS) is 58.2. The highest BCUT2D eigenvalue weighted by molar-refractivity contribution is 5.16. The van der Waals surface area contributed by atoms with Gasteiger partial charge in [-0.25, -0.2) is 0 Å². The number of piperidine rings is 1. The zero-order chi connectivity index (χ0) is 52.2. The molecule has 0 spiro atoms. The molecule has 0 aromatic rings. The van der Waals surface area contributed by atoms with Crippen molar-refractivity contribution in [1.82, 2.24) is 5.32 Å². The Morgan fingerprint density at radius 2 is 1.19 bits per heavy atom. The summed E-state index contributed by atoms with van der Waals surface area (Å²) in [6, 6.07) is -0.0811. The van der Waals surface area contributed by atoms with Crippen molar-refractivity contribution in [3.05, 3.63) is 0 Å². The Bertz CT molecular complexity index is 1880. The topological polar surface area (TPSA) is 358 Å². The maximum atomic E-state index is 11.9. The first-order valence-corrected chi connectivity index (χ1v) is 26.9. The van der Waals surface area contributed by atoms with E-state index in [1.54, 1.807) is 0 Å². The standard InChI is InChI=1S/C50H83NO22/c1-19-13-50(64)43(51-14-19)20(2)31-27(73-50)12-25-23-6-5-21-11-22(7-9-48(21,3)24(23)8-10-49(25,31)4)66-45-39(63)36(60)40(30(17-54)69-45)70-47-42(72-46-38(62)35(59)33(57)28(15-52)67-46)41(34(58)29(16-53)68-47)71-44-37(61)32(56)26(55)18-65-44/h19-47,51-64H,5-18H2,1-4H3/t19-,20-,21-,22-,23+,24-,25-,26+,27-,28+,29+,30+,31-,32-,33-,34+,35-,36+,37+,38+,39+,40+,41-,42+,43-,44-,45+,46-,47-,48-,49-,50+/m0/s1. The third kappa shape index (κ3) is 9.59. The molecular formula is C50H83NO22. The molecule has 0 aromatic heterocycles. The average molecular weight is 1050 g/mol. The van der Waals surface area contributed by atoms with Crippen LogP contribution in [0.25, 0.3) is 0 Å². The third-order valence-corrected chi connectivity index (χ3v) is 20.1. The van der Waals surface area contributed by atoms with Crippen LogP contribution in [0.15, 0.2) is 0 Å². The van der Waals surface area contributed by atoms with Crippen LogP contribution in [0.5, 0.6) is 0 Å². The van der Waals surface area contributed by atoms with Crippen molar-refractivity contribution >= 4 is 0 Å². The minimum atomic E-state index is -2.00. The Hall–Kier alpha value is -0.920. The Morgan fingerprint density at radius 1 is 0.575 bits per heavy atom. The number of fused-ring (bicyclic) bond motifs is 8. The van der Waals surface area contributed by atoms with Gasteiger partial charge in [0, 0.05) is 6.42 Å². The van der Waals surface area contributed by atoms with Gasteiger partial charge in [-0.15, -0.1) is 0 Å². The smallest absolute Gasteiger partial charge is 0.187 e. The molecule has 4 saturated carbocycles. The summed E-state index contributed by atoms with van der Waals surface area (Å²) in [5, 5.41) is 145. The zero-order valence-electron chi connectivity index (χ0n) is 42.1. The number of ether oxygens (including phenoxy) is 9. The number of hydrogen-bond donors (Lipinski definition) is 14. The van der Waals surface area contributed by atoms with E-state index >= 15 is 0 Å². The van der Waals surface area contributed by atoms with Crippen LogP contribution in [-0.2, 0) is 42.6 Å². The molecular weight excluding hydrogens is 967 g/mol. The summed E-state index contributed by atoms with van der Waals surface area (Å²) in [5.41, 5.74) is 0.159. The predicted octanol–water partition coefficient (Wildman–Crippen LogP) is -3.73. The fourth-order valence-electron chi connectivity index (χ4n) is 16.3. The van der Waals surface area contributed by atoms with Gasteiger partial charge in [0.1, 0.15) is 91.6 Å². The lowest BCUT2D eigenvalue weighted by molar-refractivity contribution is -0.404. The van der Waals surface area contributed by atoms with Crippen LogP contribution in [0.4, 0.5) is 0 Å². The predicted molar refractivity (Wildman–Crippen MR) is 246 cm³/mol. The van der Waals surface area contributed by atoms with Gasteiger partial charge < -0.3 is 114 Å². The fraction of sp³-hybridized carbons (Fsp3) is 1.00. The van der Waals surface area contributed by atoms with Crippen molar-refractivity contribution in [3.8, 4) is 0 Å². The molecule has 32 atom stereocenters. The molecule has 14 N–H and O–H groups in total. The number of aliphatic hydroxyl groups is 13. The first-order chi connectivity index (χ1) is 34.7. The Balaban J connectivity index is 0.819. The maximum Gasteiger partial charge on any atom is 0.187 e. The quantitative estimate of drug-likeness (QED) is 0.0885. The van der Waals surface area contributed by atoms with Crippen LogP contribution < -0.4 is 5.32 Å². The molecule has 23 nitrogen and oxygen atoms in total. The van der Waals surface area contributed by atoms with E-state index in [0.717, 1.165) is 45.1 Å². The van der Waals surface area contributed by atoms with Gasteiger partial charge in [0.15, 0.2) is 30.9 Å². The van der Waals surface area contributed by atoms with Gasteiger partial charge >= 0.3 is 0 Å². The van der Waals surface area contributed by atoms with Crippen molar-refractivity contribution < 1.29 is 109 Å². The van der Waals surface area contributed by atoms with Crippen LogP contribution in [0.1, 0.15) is 85.5 Å². The summed E-state index contributed by atoms with van der Waals surface area (Å²) in [6.07, 6.45) is -25.1. The summed E-state index contributed by atoms with van der Waals surface area (Å²) in [5.74, 6) is 1.69. The third-order valence-electron chi connectivity index (χ3n) is 20.1. The van der Waals surface area contributed by atoms with Gasteiger partial charge in [0.25, 0.3) is 0 Å². The highest BCUT2D eigenvalue weighted by Crippen LogP contribution is 2.70. The van der Waals surface area contributed by atoms with Crippen LogP contribution >= 0.6 is 0 Å². The molecule has 0 bridgehead atoms. The SMILES string of the molecule is C[C@@H]1CN[C@H]2[C@@H](C)[C@H]3[C@H](C[C@H]4[C@@H]5CC[C@H]6C[C@@H](O[C@@H]7O[C@H](CO)[C@@H](O[C@@H]8O[C@H](CO)[C@@H](O)[C@H](O[C@@H]9OC[C@@H](O)[C@H](O)[C@H]9O)[C@H]8O[C@@H]8O[C@H](CO)[C@H](O)[C@H](O)[C@H]8O)[C@H](O)[C@H]7O)CC[C@]6(C)[C@H]5CC[C@]34C)O[C@]2(O)C1. The van der Waals surface area contributed by atoms with Gasteiger partial charge in [-0.3, -0.25) is 0 Å². The molecule has 4 aliphatic carbocycles. The molecule has 10 rings (SSSR count). The maximum absolute atomic E-state index is 11.9. The molecule has 73 heavy (non-hydrogen) atoms. The van der Waals surface area contributed by atoms with Crippen molar-refractivity contribution in [2.24, 2.45) is 52.3 Å². The van der Waals surface area contributed by atoms with Crippen molar-refractivity contribution in [2.75, 3.05) is 33.0 Å². The summed E-state index contributed by atoms with van der Waals surface area (Å²) in [7, 11) is 0. The zero-order valence-corrected chi connectivity index (χ0v) is 42.1. The summed E-state index contributed by atoms with van der Waals surface area (Å²) < 4.78 is 54.7. The molecule has 6 saturated heterocycles. The largest absolute Gasteiger partial charge is 0.394 e. The van der Waals surface area contributed by atoms with Crippen LogP contribution in [0.3, 0.4) is 0 Å². The first kappa shape index (κ1) is 55.4. The van der Waals surface area contributed by atoms with Gasteiger partial charge in [-0.05, 0) is 110 Å². The highest BCUT2D eigenvalue weighted by Gasteiger charge is 2.68. The van der Waals surface area contributed by atoms with Crippen molar-refractivity contribution in [3.63, 3.8) is 0 Å². The fourth-order valence-corrected chi connectivity index (χ4v) is 16.3. The lowest BCUT2D eigenvalue weighted by Gasteiger charge is -2.62. The number of aliphatic hydroxyl groups excluding tert-OH is 12. The van der Waals surface area contributed by atoms with Gasteiger partial charge in [0.2, 0.25) is 0 Å².